The second-order valence-corrected chi connectivity index (χ2v) is 18.5. The molecule has 0 radical (unpaired) electrons. The number of halogens is 3. The lowest BCUT2D eigenvalue weighted by Crippen LogP contribution is -2.56. The van der Waals surface area contributed by atoms with Crippen LogP contribution in [0, 0.1) is 24.7 Å². The molecule has 2 N–H and O–H groups in total. The maximum absolute atomic E-state index is 14.4. The fourth-order valence-electron chi connectivity index (χ4n) is 7.67. The Balaban J connectivity index is 1.21. The zero-order valence-electron chi connectivity index (χ0n) is 31.0. The smallest absolute Gasteiger partial charge is 0.434 e. The summed E-state index contributed by atoms with van der Waals surface area (Å²) in [6, 6.07) is 5.02. The summed E-state index contributed by atoms with van der Waals surface area (Å²) in [6.45, 7) is 3.86. The van der Waals surface area contributed by atoms with E-state index >= 15 is 0 Å². The van der Waals surface area contributed by atoms with Crippen LogP contribution in [-0.2, 0) is 30.6 Å². The number of allylic oxidation sites excluding steroid dienone is 1. The highest BCUT2D eigenvalue weighted by molar-refractivity contribution is 7.91. The highest BCUT2D eigenvalue weighted by Gasteiger charge is 2.63. The molecule has 1 aliphatic heterocycles. The van der Waals surface area contributed by atoms with Gasteiger partial charge in [-0.05, 0) is 83.8 Å². The zero-order chi connectivity index (χ0) is 39.5. The Kier molecular flexibility index (Phi) is 10.2. The summed E-state index contributed by atoms with van der Waals surface area (Å²) in [5.74, 6) is -2.83. The van der Waals surface area contributed by atoms with Crippen LogP contribution in [0.15, 0.2) is 35.7 Å². The number of nitrogens with zero attached hydrogens (tertiary/aromatic N) is 3. The third-order valence-corrected chi connectivity index (χ3v) is 14.6. The number of carbonyl (C=O) groups excluding carboxylic acids is 3. The monoisotopic (exact) mass is 803 g/mol. The molecule has 0 spiro atoms. The number of hydrogen-bond acceptors (Lipinski definition) is 10. The molecular weight excluding hydrogens is 760 g/mol. The topological polar surface area (TPSA) is 157 Å². The number of ether oxygens (including phenoxy) is 2. The number of alkyl halides is 3. The molecule has 1 aromatic carbocycles. The van der Waals surface area contributed by atoms with Crippen LogP contribution in [0.1, 0.15) is 76.0 Å². The van der Waals surface area contributed by atoms with Crippen LogP contribution >= 0.6 is 11.3 Å². The number of fused-ring (bicyclic) bond motifs is 3. The van der Waals surface area contributed by atoms with Crippen molar-refractivity contribution in [1.82, 2.24) is 24.9 Å². The first-order valence-electron chi connectivity index (χ1n) is 18.4. The number of thiazole rings is 1. The van der Waals surface area contributed by atoms with Gasteiger partial charge in [0.15, 0.2) is 5.69 Å². The van der Waals surface area contributed by atoms with Crippen molar-refractivity contribution < 1.29 is 45.4 Å². The van der Waals surface area contributed by atoms with Crippen LogP contribution in [0.5, 0.6) is 11.5 Å². The van der Waals surface area contributed by atoms with Crippen molar-refractivity contribution in [2.45, 2.75) is 94.2 Å². The normalized spacial score (nSPS) is 27.6. The van der Waals surface area contributed by atoms with Crippen molar-refractivity contribution in [3.05, 3.63) is 47.0 Å². The third kappa shape index (κ3) is 7.53. The summed E-state index contributed by atoms with van der Waals surface area (Å²) >= 11 is 0.802. The SMILES string of the molecule is COc1ccc2c(O[C@H]3CC[C@H]4C(=O)N(C)CCCC/C=C\[C@@H]5CC5(C(=O)NS(=O)(=O)C5(C)CC5)NC(=O)[C@@H]4C3)cc(-c3nc(C(F)(F)F)cs3)nc2c1C. The summed E-state index contributed by atoms with van der Waals surface area (Å²) < 4.78 is 80.1. The van der Waals surface area contributed by atoms with Gasteiger partial charge in [0.2, 0.25) is 21.8 Å². The molecule has 3 amide bonds. The van der Waals surface area contributed by atoms with Crippen LogP contribution in [0.2, 0.25) is 0 Å². The number of carbonyl (C=O) groups is 3. The van der Waals surface area contributed by atoms with E-state index in [1.54, 1.807) is 37.9 Å². The van der Waals surface area contributed by atoms with E-state index in [1.165, 1.54) is 13.2 Å². The quantitative estimate of drug-likeness (QED) is 0.277. The number of amides is 3. The molecular formula is C38H44F3N5O7S2. The lowest BCUT2D eigenvalue weighted by Gasteiger charge is -2.37. The van der Waals surface area contributed by atoms with Crippen molar-refractivity contribution in [3.8, 4) is 22.2 Å². The molecule has 55 heavy (non-hydrogen) atoms. The number of nitrogens with one attached hydrogen (secondary N) is 2. The Morgan fingerprint density at radius 2 is 1.87 bits per heavy atom. The predicted octanol–water partition coefficient (Wildman–Crippen LogP) is 5.93. The van der Waals surface area contributed by atoms with Crippen molar-refractivity contribution in [3.63, 3.8) is 0 Å². The van der Waals surface area contributed by atoms with E-state index in [9.17, 15) is 36.0 Å². The predicted molar refractivity (Wildman–Crippen MR) is 199 cm³/mol. The van der Waals surface area contributed by atoms with Gasteiger partial charge in [0.05, 0.1) is 29.4 Å². The molecule has 3 aliphatic carbocycles. The Hall–Kier alpha value is -4.25. The van der Waals surface area contributed by atoms with Gasteiger partial charge in [0.1, 0.15) is 27.7 Å². The Morgan fingerprint density at radius 1 is 1.11 bits per heavy atom. The minimum absolute atomic E-state index is 0.0401. The molecule has 1 unspecified atom stereocenters. The molecule has 3 heterocycles. The number of sulfonamides is 1. The van der Waals surface area contributed by atoms with Gasteiger partial charge in [0, 0.05) is 47.8 Å². The van der Waals surface area contributed by atoms with Gasteiger partial charge < -0.3 is 19.7 Å². The van der Waals surface area contributed by atoms with Gasteiger partial charge in [-0.25, -0.2) is 18.4 Å². The van der Waals surface area contributed by atoms with E-state index in [2.05, 4.69) is 20.0 Å². The Morgan fingerprint density at radius 3 is 2.56 bits per heavy atom. The van der Waals surface area contributed by atoms with Crippen LogP contribution in [-0.4, -0.2) is 78.1 Å². The average molecular weight is 804 g/mol. The fraction of sp³-hybridized carbons (Fsp3) is 0.553. The van der Waals surface area contributed by atoms with E-state index < -0.39 is 67.9 Å². The lowest BCUT2D eigenvalue weighted by molar-refractivity contribution is -0.145. The van der Waals surface area contributed by atoms with E-state index in [4.69, 9.17) is 9.47 Å². The molecule has 296 valence electrons. The van der Waals surface area contributed by atoms with Crippen molar-refractivity contribution in [2.75, 3.05) is 20.7 Å². The molecule has 12 nitrogen and oxygen atoms in total. The summed E-state index contributed by atoms with van der Waals surface area (Å²) in [5.41, 5.74) is -1.30. The van der Waals surface area contributed by atoms with Gasteiger partial charge in [-0.3, -0.25) is 19.1 Å². The van der Waals surface area contributed by atoms with Crippen LogP contribution < -0.4 is 19.5 Å². The molecule has 0 bridgehead atoms. The highest BCUT2D eigenvalue weighted by Crippen LogP contribution is 2.48. The lowest BCUT2D eigenvalue weighted by atomic mass is 9.76. The second-order valence-electron chi connectivity index (χ2n) is 15.4. The number of methoxy groups -OCH3 is 1. The molecule has 2 aromatic heterocycles. The maximum Gasteiger partial charge on any atom is 0.434 e. The molecule has 4 aliphatic rings. The summed E-state index contributed by atoms with van der Waals surface area (Å²) in [6.07, 6.45) is 2.58. The molecule has 5 atom stereocenters. The van der Waals surface area contributed by atoms with Gasteiger partial charge in [-0.2, -0.15) is 13.2 Å². The minimum Gasteiger partial charge on any atom is -0.496 e. The molecule has 3 saturated carbocycles. The standard InChI is InChI=1S/C38H44F3N5O7S2/c1-21-28(52-4)13-12-25-29(18-27(42-31(21)25)33-43-30(20-54-33)38(39,40)41)53-23-10-11-24-26(17-23)32(47)44-37(35(49)45-55(50,51)36(2)14-15-36)19-22(37)9-7-5-6-8-16-46(3)34(24)48/h7,9,12-13,18,20,22-24,26H,5-6,8,10-11,14-17,19H2,1-4H3,(H,44,47)(H,45,49)/b9-7-/t22-,23+,24-,26-,37?/m1/s1. The first-order valence-corrected chi connectivity index (χ1v) is 20.8. The molecule has 3 fully saturated rings. The van der Waals surface area contributed by atoms with Crippen molar-refractivity contribution >= 4 is 50.0 Å². The van der Waals surface area contributed by atoms with Gasteiger partial charge in [-0.1, -0.05) is 12.2 Å². The first-order chi connectivity index (χ1) is 26.0. The summed E-state index contributed by atoms with van der Waals surface area (Å²) in [7, 11) is -0.782. The summed E-state index contributed by atoms with van der Waals surface area (Å²) in [5, 5.41) is 4.45. The van der Waals surface area contributed by atoms with Crippen LogP contribution in [0.25, 0.3) is 21.6 Å². The maximum atomic E-state index is 14.4. The number of rotatable bonds is 7. The molecule has 7 rings (SSSR count). The van der Waals surface area contributed by atoms with Crippen LogP contribution in [0.4, 0.5) is 13.2 Å². The van der Waals surface area contributed by atoms with E-state index in [1.807, 2.05) is 12.2 Å². The largest absolute Gasteiger partial charge is 0.496 e. The number of pyridine rings is 1. The first kappa shape index (κ1) is 39.0. The van der Waals surface area contributed by atoms with Crippen molar-refractivity contribution in [1.29, 1.82) is 0 Å². The Labute approximate surface area is 321 Å². The fourth-order valence-corrected chi connectivity index (χ4v) is 9.77. The number of hydrogen-bond donors (Lipinski definition) is 2. The van der Waals surface area contributed by atoms with Crippen LogP contribution in [0.3, 0.4) is 0 Å². The average Bonchev–Trinajstić information content (AvgIpc) is 3.99. The molecule has 0 saturated heterocycles. The zero-order valence-corrected chi connectivity index (χ0v) is 32.6. The van der Waals surface area contributed by atoms with Gasteiger partial charge >= 0.3 is 6.18 Å². The van der Waals surface area contributed by atoms with E-state index in [-0.39, 0.29) is 35.9 Å². The molecule has 17 heteroatoms. The number of aromatic nitrogens is 2. The second kappa shape index (κ2) is 14.4. The Bertz CT molecular complexity index is 2170. The van der Waals surface area contributed by atoms with Gasteiger partial charge in [-0.15, -0.1) is 11.3 Å². The summed E-state index contributed by atoms with van der Waals surface area (Å²) in [4.78, 5) is 52.3. The minimum atomic E-state index is -4.64. The van der Waals surface area contributed by atoms with E-state index in [0.29, 0.717) is 60.2 Å². The number of benzene rings is 1. The highest BCUT2D eigenvalue weighted by atomic mass is 32.2. The number of aryl methyl sites for hydroxylation is 1. The van der Waals surface area contributed by atoms with Crippen molar-refractivity contribution in [2.24, 2.45) is 17.8 Å². The molecule has 3 aromatic rings. The third-order valence-electron chi connectivity index (χ3n) is 11.6. The van der Waals surface area contributed by atoms with Gasteiger partial charge in [0.25, 0.3) is 5.91 Å². The van der Waals surface area contributed by atoms with E-state index in [0.717, 1.165) is 29.6 Å².